The van der Waals surface area contributed by atoms with Crippen molar-refractivity contribution in [2.24, 2.45) is 5.41 Å². The first-order chi connectivity index (χ1) is 8.71. The number of carbonyl (C=O) groups is 2. The van der Waals surface area contributed by atoms with Crippen LogP contribution in [-0.2, 0) is 9.59 Å². The van der Waals surface area contributed by atoms with E-state index in [2.05, 4.69) is 4.98 Å². The van der Waals surface area contributed by atoms with Gasteiger partial charge in [0.25, 0.3) is 0 Å². The number of pyridine rings is 1. The largest absolute Gasteiger partial charge is 0.481 e. The number of carboxylic acid groups (broad SMARTS) is 1. The Kier molecular flexibility index (Phi) is 4.64. The molecule has 0 atom stereocenters. The maximum absolute atomic E-state index is 12.4. The van der Waals surface area contributed by atoms with E-state index < -0.39 is 11.4 Å². The molecule has 0 aromatic carbocycles. The van der Waals surface area contributed by atoms with Crippen LogP contribution in [0.25, 0.3) is 0 Å². The average Bonchev–Trinajstić information content (AvgIpc) is 2.29. The van der Waals surface area contributed by atoms with Crippen LogP contribution in [0.1, 0.15) is 32.8 Å². The lowest BCUT2D eigenvalue weighted by molar-refractivity contribution is -0.136. The van der Waals surface area contributed by atoms with Crippen molar-refractivity contribution in [1.29, 1.82) is 0 Å². The zero-order valence-electron chi connectivity index (χ0n) is 11.8. The molecule has 1 rings (SSSR count). The molecule has 1 heterocycles. The van der Waals surface area contributed by atoms with E-state index >= 15 is 0 Å². The van der Waals surface area contributed by atoms with Gasteiger partial charge in [0.05, 0.1) is 6.42 Å². The first-order valence-corrected chi connectivity index (χ1v) is 6.18. The second-order valence-electron chi connectivity index (χ2n) is 5.54. The second kappa shape index (κ2) is 5.82. The van der Waals surface area contributed by atoms with Crippen molar-refractivity contribution in [2.45, 2.75) is 34.1 Å². The third-order valence-electron chi connectivity index (χ3n) is 2.61. The topological polar surface area (TPSA) is 70.5 Å². The molecule has 0 saturated carbocycles. The Morgan fingerprint density at radius 1 is 1.32 bits per heavy atom. The van der Waals surface area contributed by atoms with Gasteiger partial charge in [-0.3, -0.25) is 14.5 Å². The summed E-state index contributed by atoms with van der Waals surface area (Å²) in [6.07, 6.45) is 1.57. The molecule has 19 heavy (non-hydrogen) atoms. The summed E-state index contributed by atoms with van der Waals surface area (Å²) in [4.78, 5) is 28.7. The fourth-order valence-electron chi connectivity index (χ4n) is 1.55. The lowest BCUT2D eigenvalue weighted by atomic mass is 9.94. The number of hydrogen-bond acceptors (Lipinski definition) is 3. The highest BCUT2D eigenvalue weighted by Gasteiger charge is 2.29. The summed E-state index contributed by atoms with van der Waals surface area (Å²) < 4.78 is 0. The zero-order chi connectivity index (χ0) is 14.6. The lowest BCUT2D eigenvalue weighted by Crippen LogP contribution is -2.41. The molecule has 5 nitrogen and oxygen atoms in total. The lowest BCUT2D eigenvalue weighted by Gasteiger charge is -2.28. The van der Waals surface area contributed by atoms with Gasteiger partial charge in [0.2, 0.25) is 5.91 Å². The quantitative estimate of drug-likeness (QED) is 0.905. The number of anilines is 1. The first kappa shape index (κ1) is 15.1. The van der Waals surface area contributed by atoms with Crippen LogP contribution < -0.4 is 4.90 Å². The minimum absolute atomic E-state index is 0.0998. The molecule has 1 amide bonds. The van der Waals surface area contributed by atoms with Gasteiger partial charge in [-0.25, -0.2) is 4.98 Å². The Balaban J connectivity index is 3.01. The number of nitrogens with zero attached hydrogens (tertiary/aromatic N) is 2. The Morgan fingerprint density at radius 2 is 1.95 bits per heavy atom. The number of carboxylic acids is 1. The molecule has 104 valence electrons. The maximum atomic E-state index is 12.4. The first-order valence-electron chi connectivity index (χ1n) is 6.18. The summed E-state index contributed by atoms with van der Waals surface area (Å²) >= 11 is 0. The molecule has 0 saturated heterocycles. The van der Waals surface area contributed by atoms with E-state index in [0.29, 0.717) is 5.82 Å². The molecule has 0 aliphatic heterocycles. The van der Waals surface area contributed by atoms with E-state index in [1.165, 1.54) is 4.90 Å². The SMILES string of the molecule is Cc1ccc(N(CCC(=O)O)C(=O)C(C)(C)C)nc1. The van der Waals surface area contributed by atoms with E-state index in [9.17, 15) is 9.59 Å². The Morgan fingerprint density at radius 3 is 2.37 bits per heavy atom. The number of aliphatic carboxylic acids is 1. The monoisotopic (exact) mass is 264 g/mol. The highest BCUT2D eigenvalue weighted by atomic mass is 16.4. The normalized spacial score (nSPS) is 11.2. The van der Waals surface area contributed by atoms with E-state index in [1.807, 2.05) is 13.0 Å². The number of rotatable bonds is 4. The van der Waals surface area contributed by atoms with Crippen LogP contribution in [-0.4, -0.2) is 28.5 Å². The van der Waals surface area contributed by atoms with Crippen LogP contribution in [0.5, 0.6) is 0 Å². The average molecular weight is 264 g/mol. The summed E-state index contributed by atoms with van der Waals surface area (Å²) in [6.45, 7) is 7.44. The molecular weight excluding hydrogens is 244 g/mol. The van der Waals surface area contributed by atoms with Crippen molar-refractivity contribution in [1.82, 2.24) is 4.98 Å². The van der Waals surface area contributed by atoms with Crippen molar-refractivity contribution in [3.63, 3.8) is 0 Å². The molecule has 5 heteroatoms. The number of aryl methyl sites for hydroxylation is 1. The van der Waals surface area contributed by atoms with Gasteiger partial charge >= 0.3 is 5.97 Å². The number of amides is 1. The van der Waals surface area contributed by atoms with Gasteiger partial charge in [-0.05, 0) is 18.6 Å². The fourth-order valence-corrected chi connectivity index (χ4v) is 1.55. The van der Waals surface area contributed by atoms with Gasteiger partial charge in [0.1, 0.15) is 5.82 Å². The number of aromatic nitrogens is 1. The van der Waals surface area contributed by atoms with Crippen molar-refractivity contribution in [2.75, 3.05) is 11.4 Å². The standard InChI is InChI=1S/C14H20N2O3/c1-10-5-6-11(15-9-10)16(8-7-12(17)18)13(19)14(2,3)4/h5-6,9H,7-8H2,1-4H3,(H,17,18). The second-order valence-corrected chi connectivity index (χ2v) is 5.54. The number of carbonyl (C=O) groups excluding carboxylic acids is 1. The summed E-state index contributed by atoms with van der Waals surface area (Å²) in [5.74, 6) is -0.573. The van der Waals surface area contributed by atoms with E-state index in [4.69, 9.17) is 5.11 Å². The molecule has 0 fully saturated rings. The smallest absolute Gasteiger partial charge is 0.305 e. The molecular formula is C14H20N2O3. The van der Waals surface area contributed by atoms with E-state index in [0.717, 1.165) is 5.56 Å². The minimum atomic E-state index is -0.932. The fraction of sp³-hybridized carbons (Fsp3) is 0.500. The molecule has 1 aromatic heterocycles. The highest BCUT2D eigenvalue weighted by Crippen LogP contribution is 2.22. The molecule has 0 unspecified atom stereocenters. The van der Waals surface area contributed by atoms with Gasteiger partial charge in [0.15, 0.2) is 0 Å². The van der Waals surface area contributed by atoms with Gasteiger partial charge in [-0.1, -0.05) is 26.8 Å². The third-order valence-corrected chi connectivity index (χ3v) is 2.61. The van der Waals surface area contributed by atoms with Crippen molar-refractivity contribution in [3.05, 3.63) is 23.9 Å². The van der Waals surface area contributed by atoms with Crippen LogP contribution in [0.4, 0.5) is 5.82 Å². The van der Waals surface area contributed by atoms with Gasteiger partial charge in [0, 0.05) is 18.2 Å². The van der Waals surface area contributed by atoms with Gasteiger partial charge in [-0.2, -0.15) is 0 Å². The predicted octanol–water partition coefficient (Wildman–Crippen LogP) is 2.24. The summed E-state index contributed by atoms with van der Waals surface area (Å²) in [5, 5.41) is 8.78. The Labute approximate surface area is 113 Å². The predicted molar refractivity (Wildman–Crippen MR) is 73.0 cm³/mol. The zero-order valence-corrected chi connectivity index (χ0v) is 11.8. The molecule has 0 aliphatic rings. The minimum Gasteiger partial charge on any atom is -0.481 e. The van der Waals surface area contributed by atoms with Gasteiger partial charge in [-0.15, -0.1) is 0 Å². The van der Waals surface area contributed by atoms with Crippen LogP contribution in [0.2, 0.25) is 0 Å². The molecule has 1 aromatic rings. The maximum Gasteiger partial charge on any atom is 0.305 e. The Hall–Kier alpha value is -1.91. The summed E-state index contributed by atoms with van der Waals surface area (Å²) in [7, 11) is 0. The van der Waals surface area contributed by atoms with Crippen molar-refractivity contribution in [3.8, 4) is 0 Å². The van der Waals surface area contributed by atoms with Crippen molar-refractivity contribution < 1.29 is 14.7 Å². The van der Waals surface area contributed by atoms with E-state index in [1.54, 1.807) is 33.0 Å². The van der Waals surface area contributed by atoms with Crippen LogP contribution in [0.3, 0.4) is 0 Å². The number of hydrogen-bond donors (Lipinski definition) is 1. The summed E-state index contributed by atoms with van der Waals surface area (Å²) in [5.41, 5.74) is 0.413. The molecule has 0 radical (unpaired) electrons. The van der Waals surface area contributed by atoms with Crippen LogP contribution in [0, 0.1) is 12.3 Å². The van der Waals surface area contributed by atoms with E-state index in [-0.39, 0.29) is 18.9 Å². The van der Waals surface area contributed by atoms with Gasteiger partial charge < -0.3 is 5.11 Å². The Bertz CT molecular complexity index is 461. The van der Waals surface area contributed by atoms with Crippen LogP contribution >= 0.6 is 0 Å². The molecule has 0 spiro atoms. The molecule has 1 N–H and O–H groups in total. The summed E-state index contributed by atoms with van der Waals surface area (Å²) in [6, 6.07) is 3.59. The molecule has 0 aliphatic carbocycles. The van der Waals surface area contributed by atoms with Crippen molar-refractivity contribution >= 4 is 17.7 Å². The van der Waals surface area contributed by atoms with Crippen LogP contribution in [0.15, 0.2) is 18.3 Å². The third kappa shape index (κ3) is 4.35. The molecule has 0 bridgehead atoms. The highest BCUT2D eigenvalue weighted by molar-refractivity contribution is 5.96.